The molecule has 0 aliphatic rings. The average molecular weight is 261 g/mol. The molecule has 0 radical (unpaired) electrons. The molecule has 0 heterocycles. The Labute approximate surface area is 108 Å². The Balaban J connectivity index is 4.27. The van der Waals surface area contributed by atoms with Crippen molar-refractivity contribution in [1.82, 2.24) is 4.90 Å². The molecule has 0 aliphatic carbocycles. The molecule has 0 saturated heterocycles. The molecule has 0 rings (SSSR count). The van der Waals surface area contributed by atoms with Gasteiger partial charge in [0.25, 0.3) is 0 Å². The number of rotatable bonds is 9. The number of carbonyl (C=O) groups excluding carboxylic acids is 2. The van der Waals surface area contributed by atoms with E-state index >= 15 is 0 Å². The Hall–Kier alpha value is -1.14. The molecular formula is C12H23NO5. The van der Waals surface area contributed by atoms with E-state index in [9.17, 15) is 9.59 Å². The van der Waals surface area contributed by atoms with E-state index in [1.807, 2.05) is 13.8 Å². The molecule has 0 saturated carbocycles. The van der Waals surface area contributed by atoms with Gasteiger partial charge >= 0.3 is 5.97 Å². The Morgan fingerprint density at radius 1 is 1.28 bits per heavy atom. The third kappa shape index (κ3) is 8.03. The highest BCUT2D eigenvalue weighted by atomic mass is 16.5. The van der Waals surface area contributed by atoms with E-state index in [2.05, 4.69) is 0 Å². The van der Waals surface area contributed by atoms with Crippen molar-refractivity contribution >= 4 is 11.9 Å². The van der Waals surface area contributed by atoms with E-state index in [1.54, 1.807) is 6.92 Å². The van der Waals surface area contributed by atoms with Crippen LogP contribution in [0.25, 0.3) is 0 Å². The average Bonchev–Trinajstić information content (AvgIpc) is 2.31. The monoisotopic (exact) mass is 261 g/mol. The van der Waals surface area contributed by atoms with Crippen LogP contribution in [-0.4, -0.2) is 62.9 Å². The quantitative estimate of drug-likeness (QED) is 0.564. The summed E-state index contributed by atoms with van der Waals surface area (Å²) in [6.07, 6.45) is -0.0270. The number of hydrogen-bond acceptors (Lipinski definition) is 5. The van der Waals surface area contributed by atoms with Gasteiger partial charge < -0.3 is 19.1 Å². The second-order valence-corrected chi connectivity index (χ2v) is 3.97. The van der Waals surface area contributed by atoms with Crippen molar-refractivity contribution in [1.29, 1.82) is 0 Å². The second-order valence-electron chi connectivity index (χ2n) is 3.97. The summed E-state index contributed by atoms with van der Waals surface area (Å²) in [5, 5.41) is 0. The van der Waals surface area contributed by atoms with Gasteiger partial charge in [-0.05, 0) is 20.8 Å². The Morgan fingerprint density at radius 3 is 2.44 bits per heavy atom. The molecule has 6 nitrogen and oxygen atoms in total. The first-order valence-electron chi connectivity index (χ1n) is 6.05. The maximum absolute atomic E-state index is 11.8. The van der Waals surface area contributed by atoms with Gasteiger partial charge in [0.05, 0.1) is 19.3 Å². The third-order valence-electron chi connectivity index (χ3n) is 2.08. The van der Waals surface area contributed by atoms with Gasteiger partial charge in [0, 0.05) is 13.7 Å². The lowest BCUT2D eigenvalue weighted by Gasteiger charge is -2.21. The number of hydrogen-bond donors (Lipinski definition) is 0. The molecule has 6 heteroatoms. The van der Waals surface area contributed by atoms with Crippen LogP contribution < -0.4 is 0 Å². The molecule has 0 atom stereocenters. The van der Waals surface area contributed by atoms with E-state index in [0.29, 0.717) is 19.8 Å². The van der Waals surface area contributed by atoms with Gasteiger partial charge in [0.15, 0.2) is 0 Å². The van der Waals surface area contributed by atoms with Crippen molar-refractivity contribution < 1.29 is 23.8 Å². The summed E-state index contributed by atoms with van der Waals surface area (Å²) >= 11 is 0. The molecule has 0 unspecified atom stereocenters. The van der Waals surface area contributed by atoms with Gasteiger partial charge in [0.1, 0.15) is 13.2 Å². The van der Waals surface area contributed by atoms with Crippen molar-refractivity contribution in [3.8, 4) is 0 Å². The smallest absolute Gasteiger partial charge is 0.325 e. The summed E-state index contributed by atoms with van der Waals surface area (Å²) in [5.41, 5.74) is 0. The summed E-state index contributed by atoms with van der Waals surface area (Å²) in [5.74, 6) is -0.666. The maximum atomic E-state index is 11.8. The highest BCUT2D eigenvalue weighted by molar-refractivity contribution is 5.82. The molecular weight excluding hydrogens is 238 g/mol. The van der Waals surface area contributed by atoms with Crippen LogP contribution in [0, 0.1) is 0 Å². The highest BCUT2D eigenvalue weighted by Gasteiger charge is 2.18. The van der Waals surface area contributed by atoms with Gasteiger partial charge in [-0.1, -0.05) is 0 Å². The minimum Gasteiger partial charge on any atom is -0.465 e. The minimum absolute atomic E-state index is 0.0270. The van der Waals surface area contributed by atoms with E-state index in [-0.39, 0.29) is 25.2 Å². The molecule has 0 aromatic rings. The fourth-order valence-corrected chi connectivity index (χ4v) is 1.19. The zero-order valence-electron chi connectivity index (χ0n) is 11.6. The maximum Gasteiger partial charge on any atom is 0.325 e. The lowest BCUT2D eigenvalue weighted by molar-refractivity contribution is -0.151. The Bertz CT molecular complexity index is 255. The van der Waals surface area contributed by atoms with Crippen molar-refractivity contribution in [2.75, 3.05) is 40.0 Å². The van der Waals surface area contributed by atoms with Crippen LogP contribution in [0.5, 0.6) is 0 Å². The zero-order valence-corrected chi connectivity index (χ0v) is 11.6. The van der Waals surface area contributed by atoms with Crippen molar-refractivity contribution in [3.05, 3.63) is 0 Å². The summed E-state index contributed by atoms with van der Waals surface area (Å²) in [6, 6.07) is 0. The van der Waals surface area contributed by atoms with Crippen LogP contribution in [0.3, 0.4) is 0 Å². The van der Waals surface area contributed by atoms with E-state index < -0.39 is 5.97 Å². The van der Waals surface area contributed by atoms with Crippen molar-refractivity contribution in [2.45, 2.75) is 26.9 Å². The van der Waals surface area contributed by atoms with Crippen molar-refractivity contribution in [2.24, 2.45) is 0 Å². The van der Waals surface area contributed by atoms with Crippen LogP contribution in [0.4, 0.5) is 0 Å². The predicted molar refractivity (Wildman–Crippen MR) is 66.2 cm³/mol. The molecule has 0 fully saturated rings. The van der Waals surface area contributed by atoms with Crippen LogP contribution >= 0.6 is 0 Å². The van der Waals surface area contributed by atoms with E-state index in [4.69, 9.17) is 14.2 Å². The summed E-state index contributed by atoms with van der Waals surface area (Å²) < 4.78 is 14.9. The first-order chi connectivity index (χ1) is 8.51. The normalized spacial score (nSPS) is 10.5. The number of nitrogens with zero attached hydrogens (tertiary/aromatic N) is 1. The molecule has 0 spiro atoms. The standard InChI is InChI=1S/C12H23NO5/c1-5-17-12(15)8-13(6-7-16-4)11(14)9-18-10(2)3/h10H,5-9H2,1-4H3. The van der Waals surface area contributed by atoms with Gasteiger partial charge in [-0.3, -0.25) is 9.59 Å². The number of esters is 1. The molecule has 1 amide bonds. The molecule has 0 aliphatic heterocycles. The summed E-state index contributed by atoms with van der Waals surface area (Å²) in [7, 11) is 1.54. The van der Waals surface area contributed by atoms with Gasteiger partial charge in [-0.15, -0.1) is 0 Å². The van der Waals surface area contributed by atoms with Crippen LogP contribution in [0.1, 0.15) is 20.8 Å². The third-order valence-corrected chi connectivity index (χ3v) is 2.08. The van der Waals surface area contributed by atoms with Crippen LogP contribution in [0.2, 0.25) is 0 Å². The number of methoxy groups -OCH3 is 1. The number of ether oxygens (including phenoxy) is 3. The van der Waals surface area contributed by atoms with Crippen LogP contribution in [0.15, 0.2) is 0 Å². The lowest BCUT2D eigenvalue weighted by Crippen LogP contribution is -2.41. The molecule has 18 heavy (non-hydrogen) atoms. The first kappa shape index (κ1) is 16.9. The number of amides is 1. The largest absolute Gasteiger partial charge is 0.465 e. The summed E-state index contributed by atoms with van der Waals surface area (Å²) in [4.78, 5) is 24.6. The zero-order chi connectivity index (χ0) is 14.0. The van der Waals surface area contributed by atoms with Gasteiger partial charge in [-0.25, -0.2) is 0 Å². The molecule has 0 bridgehead atoms. The number of carbonyl (C=O) groups is 2. The van der Waals surface area contributed by atoms with E-state index in [1.165, 1.54) is 12.0 Å². The van der Waals surface area contributed by atoms with Gasteiger partial charge in [0.2, 0.25) is 5.91 Å². The fraction of sp³-hybridized carbons (Fsp3) is 0.833. The molecule has 0 aromatic carbocycles. The molecule has 106 valence electrons. The first-order valence-corrected chi connectivity index (χ1v) is 6.05. The highest BCUT2D eigenvalue weighted by Crippen LogP contribution is 1.96. The fourth-order valence-electron chi connectivity index (χ4n) is 1.19. The van der Waals surface area contributed by atoms with Crippen molar-refractivity contribution in [3.63, 3.8) is 0 Å². The SMILES string of the molecule is CCOC(=O)CN(CCOC)C(=O)COC(C)C. The lowest BCUT2D eigenvalue weighted by atomic mass is 10.4. The molecule has 0 aromatic heterocycles. The van der Waals surface area contributed by atoms with E-state index in [0.717, 1.165) is 0 Å². The predicted octanol–water partition coefficient (Wildman–Crippen LogP) is 0.450. The second kappa shape index (κ2) is 9.85. The van der Waals surface area contributed by atoms with Gasteiger partial charge in [-0.2, -0.15) is 0 Å². The Morgan fingerprint density at radius 2 is 1.94 bits per heavy atom. The topological polar surface area (TPSA) is 65.1 Å². The van der Waals surface area contributed by atoms with Crippen LogP contribution in [-0.2, 0) is 23.8 Å². The Kier molecular flexibility index (Phi) is 9.22. The minimum atomic E-state index is -0.425. The molecule has 0 N–H and O–H groups in total. The summed E-state index contributed by atoms with van der Waals surface area (Å²) in [6.45, 7) is 6.31.